The third kappa shape index (κ3) is 3.29. The van der Waals surface area contributed by atoms with Gasteiger partial charge >= 0.3 is 0 Å². The molecule has 5 nitrogen and oxygen atoms in total. The Bertz CT molecular complexity index is 594. The van der Waals surface area contributed by atoms with E-state index in [-0.39, 0.29) is 0 Å². The van der Waals surface area contributed by atoms with E-state index in [1.165, 1.54) is 37.6 Å². The van der Waals surface area contributed by atoms with Crippen LogP contribution in [0.1, 0.15) is 17.1 Å². The van der Waals surface area contributed by atoms with Gasteiger partial charge in [-0.25, -0.2) is 4.98 Å². The van der Waals surface area contributed by atoms with Crippen LogP contribution in [0.2, 0.25) is 0 Å². The van der Waals surface area contributed by atoms with Crippen molar-refractivity contribution in [3.63, 3.8) is 0 Å². The average molecular weight is 307 g/mol. The number of nitrogens with zero attached hydrogens (tertiary/aromatic N) is 4. The Hall–Kier alpha value is -0.950. The molecule has 1 aliphatic heterocycles. The zero-order valence-corrected chi connectivity index (χ0v) is 14.0. The first kappa shape index (κ1) is 15.0. The number of aryl methyl sites for hydroxylation is 2. The van der Waals surface area contributed by atoms with Crippen LogP contribution in [0.3, 0.4) is 0 Å². The minimum atomic E-state index is 0.901. The molecule has 2 aromatic rings. The van der Waals surface area contributed by atoms with Crippen molar-refractivity contribution in [2.75, 3.05) is 46.3 Å². The lowest BCUT2D eigenvalue weighted by Gasteiger charge is -2.32. The smallest absolute Gasteiger partial charge is 0.194 e. The number of imidazole rings is 1. The first-order chi connectivity index (χ1) is 10.1. The predicted molar refractivity (Wildman–Crippen MR) is 88.2 cm³/mol. The van der Waals surface area contributed by atoms with Gasteiger partial charge in [0.1, 0.15) is 0 Å². The molecule has 0 bridgehead atoms. The maximum absolute atomic E-state index is 4.64. The second-order valence-electron chi connectivity index (χ2n) is 5.96. The Morgan fingerprint density at radius 2 is 2.00 bits per heavy atom. The van der Waals surface area contributed by atoms with Crippen molar-refractivity contribution < 1.29 is 0 Å². The van der Waals surface area contributed by atoms with E-state index in [0.29, 0.717) is 0 Å². The number of nitrogens with one attached hydrogen (secondary N) is 1. The molecule has 21 heavy (non-hydrogen) atoms. The molecule has 2 aromatic heterocycles. The third-order valence-electron chi connectivity index (χ3n) is 4.32. The van der Waals surface area contributed by atoms with Crippen molar-refractivity contribution in [1.82, 2.24) is 24.5 Å². The summed E-state index contributed by atoms with van der Waals surface area (Å²) in [5.41, 5.74) is 3.74. The Labute approximate surface area is 130 Å². The van der Waals surface area contributed by atoms with Gasteiger partial charge in [0.2, 0.25) is 0 Å². The van der Waals surface area contributed by atoms with Crippen LogP contribution in [0.25, 0.3) is 4.96 Å². The summed E-state index contributed by atoms with van der Waals surface area (Å²) in [6.07, 6.45) is 0. The number of rotatable bonds is 5. The standard InChI is InChI=1S/C15H25N5S/c1-12-11-21-15-17-13(2)14(20(12)15)10-16-4-5-19-8-6-18(3)7-9-19/h11,16H,4-10H2,1-3H3. The van der Waals surface area contributed by atoms with E-state index in [9.17, 15) is 0 Å². The second-order valence-corrected chi connectivity index (χ2v) is 6.80. The molecule has 0 amide bonds. The van der Waals surface area contributed by atoms with Gasteiger partial charge < -0.3 is 10.2 Å². The lowest BCUT2D eigenvalue weighted by Crippen LogP contribution is -2.46. The minimum Gasteiger partial charge on any atom is -0.310 e. The predicted octanol–water partition coefficient (Wildman–Crippen LogP) is 1.35. The van der Waals surface area contributed by atoms with Gasteiger partial charge in [-0.1, -0.05) is 0 Å². The zero-order valence-electron chi connectivity index (χ0n) is 13.2. The Morgan fingerprint density at radius 1 is 1.24 bits per heavy atom. The van der Waals surface area contributed by atoms with Crippen LogP contribution in [0.15, 0.2) is 5.38 Å². The molecule has 1 N–H and O–H groups in total. The Morgan fingerprint density at radius 3 is 2.76 bits per heavy atom. The van der Waals surface area contributed by atoms with Gasteiger partial charge in [0.05, 0.1) is 11.4 Å². The fourth-order valence-electron chi connectivity index (χ4n) is 2.89. The first-order valence-corrected chi connectivity index (χ1v) is 8.57. The van der Waals surface area contributed by atoms with Crippen LogP contribution in [0.5, 0.6) is 0 Å². The molecule has 0 unspecified atom stereocenters. The quantitative estimate of drug-likeness (QED) is 0.846. The van der Waals surface area contributed by atoms with E-state index in [0.717, 1.165) is 30.3 Å². The van der Waals surface area contributed by atoms with Crippen molar-refractivity contribution in [3.8, 4) is 0 Å². The molecule has 1 saturated heterocycles. The van der Waals surface area contributed by atoms with Gasteiger partial charge in [-0.2, -0.15) is 0 Å². The van der Waals surface area contributed by atoms with Crippen molar-refractivity contribution >= 4 is 16.3 Å². The van der Waals surface area contributed by atoms with E-state index in [1.54, 1.807) is 11.3 Å². The second kappa shape index (κ2) is 6.44. The van der Waals surface area contributed by atoms with Gasteiger partial charge in [-0.15, -0.1) is 11.3 Å². The fourth-order valence-corrected chi connectivity index (χ4v) is 3.82. The molecule has 3 rings (SSSR count). The summed E-state index contributed by atoms with van der Waals surface area (Å²) in [6, 6.07) is 0. The van der Waals surface area contributed by atoms with E-state index < -0.39 is 0 Å². The maximum atomic E-state index is 4.64. The van der Waals surface area contributed by atoms with Crippen molar-refractivity contribution in [1.29, 1.82) is 0 Å². The van der Waals surface area contributed by atoms with Crippen LogP contribution in [0.4, 0.5) is 0 Å². The highest BCUT2D eigenvalue weighted by atomic mass is 32.1. The van der Waals surface area contributed by atoms with Gasteiger partial charge in [-0.05, 0) is 20.9 Å². The molecule has 3 heterocycles. The van der Waals surface area contributed by atoms with Crippen molar-refractivity contribution in [2.24, 2.45) is 0 Å². The molecule has 0 spiro atoms. The highest BCUT2D eigenvalue weighted by Gasteiger charge is 2.14. The molecule has 0 aromatic carbocycles. The summed E-state index contributed by atoms with van der Waals surface area (Å²) >= 11 is 1.72. The molecule has 116 valence electrons. The molecule has 1 aliphatic rings. The third-order valence-corrected chi connectivity index (χ3v) is 5.27. The Balaban J connectivity index is 1.50. The number of piperazine rings is 1. The molecule has 0 aliphatic carbocycles. The number of aromatic nitrogens is 2. The van der Waals surface area contributed by atoms with Crippen molar-refractivity contribution in [2.45, 2.75) is 20.4 Å². The van der Waals surface area contributed by atoms with Crippen LogP contribution < -0.4 is 5.32 Å². The summed E-state index contributed by atoms with van der Waals surface area (Å²) in [4.78, 5) is 10.7. The van der Waals surface area contributed by atoms with Crippen LogP contribution in [-0.4, -0.2) is 65.5 Å². The minimum absolute atomic E-state index is 0.901. The zero-order chi connectivity index (χ0) is 14.8. The summed E-state index contributed by atoms with van der Waals surface area (Å²) in [5, 5.41) is 5.76. The highest BCUT2D eigenvalue weighted by molar-refractivity contribution is 7.15. The van der Waals surface area contributed by atoms with Gasteiger partial charge in [-0.3, -0.25) is 9.30 Å². The normalized spacial score (nSPS) is 17.9. The van der Waals surface area contributed by atoms with Crippen molar-refractivity contribution in [3.05, 3.63) is 22.5 Å². The number of hydrogen-bond donors (Lipinski definition) is 1. The van der Waals surface area contributed by atoms with Crippen LogP contribution in [-0.2, 0) is 6.54 Å². The molecule has 0 atom stereocenters. The molecule has 0 saturated carbocycles. The molecule has 6 heteroatoms. The molecule has 0 radical (unpaired) electrons. The Kier molecular flexibility index (Phi) is 4.59. The maximum Gasteiger partial charge on any atom is 0.194 e. The molecule has 1 fully saturated rings. The topological polar surface area (TPSA) is 35.8 Å². The number of hydrogen-bond acceptors (Lipinski definition) is 5. The lowest BCUT2D eigenvalue weighted by atomic mass is 10.3. The van der Waals surface area contributed by atoms with Gasteiger partial charge in [0.25, 0.3) is 0 Å². The largest absolute Gasteiger partial charge is 0.310 e. The monoisotopic (exact) mass is 307 g/mol. The van der Waals surface area contributed by atoms with E-state index >= 15 is 0 Å². The summed E-state index contributed by atoms with van der Waals surface area (Å²) in [6.45, 7) is 12.1. The number of likely N-dealkylation sites (N-methyl/N-ethyl adjacent to an activating group) is 1. The van der Waals surface area contributed by atoms with E-state index in [2.05, 4.69) is 50.8 Å². The summed E-state index contributed by atoms with van der Waals surface area (Å²) in [5.74, 6) is 0. The lowest BCUT2D eigenvalue weighted by molar-refractivity contribution is 0.154. The number of thiazole rings is 1. The van der Waals surface area contributed by atoms with Gasteiger partial charge in [0.15, 0.2) is 4.96 Å². The summed E-state index contributed by atoms with van der Waals surface area (Å²) in [7, 11) is 2.20. The van der Waals surface area contributed by atoms with E-state index in [4.69, 9.17) is 0 Å². The molecular weight excluding hydrogens is 282 g/mol. The van der Waals surface area contributed by atoms with E-state index in [1.807, 2.05) is 0 Å². The SMILES string of the molecule is Cc1nc2scc(C)n2c1CNCCN1CCN(C)CC1. The molecular formula is C15H25N5S. The average Bonchev–Trinajstić information content (AvgIpc) is 2.97. The summed E-state index contributed by atoms with van der Waals surface area (Å²) < 4.78 is 2.28. The van der Waals surface area contributed by atoms with Crippen LogP contribution in [0, 0.1) is 13.8 Å². The van der Waals surface area contributed by atoms with Crippen LogP contribution >= 0.6 is 11.3 Å². The number of fused-ring (bicyclic) bond motifs is 1. The fraction of sp³-hybridized carbons (Fsp3) is 0.667. The first-order valence-electron chi connectivity index (χ1n) is 7.69. The van der Waals surface area contributed by atoms with Gasteiger partial charge in [0, 0.05) is 56.9 Å². The highest BCUT2D eigenvalue weighted by Crippen LogP contribution is 2.20.